The van der Waals surface area contributed by atoms with Crippen LogP contribution in [-0.4, -0.2) is 39.1 Å². The summed E-state index contributed by atoms with van der Waals surface area (Å²) in [6.45, 7) is 1.50. The van der Waals surface area contributed by atoms with Crippen molar-refractivity contribution in [1.29, 1.82) is 0 Å². The molecular formula is C23H22AsBr2F2N3O2. The molecule has 2 unspecified atom stereocenters. The van der Waals surface area contributed by atoms with Crippen LogP contribution in [0.15, 0.2) is 61.0 Å². The summed E-state index contributed by atoms with van der Waals surface area (Å²) >= 11 is 8.44. The number of halogens is 4. The summed E-state index contributed by atoms with van der Waals surface area (Å²) in [5.74, 6) is -0.335. The summed E-state index contributed by atoms with van der Waals surface area (Å²) in [5, 5.41) is 0. The van der Waals surface area contributed by atoms with E-state index in [1.165, 1.54) is 34.9 Å². The van der Waals surface area contributed by atoms with E-state index < -0.39 is 22.9 Å². The third-order valence-corrected chi connectivity index (χ3v) is 8.40. The summed E-state index contributed by atoms with van der Waals surface area (Å²) in [6, 6.07) is 9.93. The monoisotopic (exact) mass is 643 g/mol. The van der Waals surface area contributed by atoms with E-state index in [2.05, 4.69) is 36.8 Å². The van der Waals surface area contributed by atoms with Crippen LogP contribution in [0.2, 0.25) is 4.71 Å². The fraction of sp³-hybridized carbons (Fsp3) is 0.304. The molecule has 0 N–H and O–H groups in total. The van der Waals surface area contributed by atoms with Crippen LogP contribution in [0.25, 0.3) is 0 Å². The van der Waals surface area contributed by atoms with Crippen LogP contribution in [0.3, 0.4) is 0 Å². The number of nitrogens with zero attached hydrogens (tertiary/aromatic N) is 3. The van der Waals surface area contributed by atoms with Crippen molar-refractivity contribution >= 4 is 54.5 Å². The Morgan fingerprint density at radius 2 is 1.48 bits per heavy atom. The van der Waals surface area contributed by atoms with Gasteiger partial charge in [-0.2, -0.15) is 0 Å². The second-order valence-electron chi connectivity index (χ2n) is 8.12. The second-order valence-corrected chi connectivity index (χ2v) is 11.8. The number of hydrogen-bond acceptors (Lipinski definition) is 3. The SMILES string of the molecule is O=c1cc(N2CCCC([AsH2])C2)n(Cc2cc(F)ccc2Br)c(=O)n1Cc1cc(F)ccc1Br. The molecule has 0 saturated carbocycles. The average Bonchev–Trinajstić information content (AvgIpc) is 2.77. The van der Waals surface area contributed by atoms with Crippen LogP contribution >= 0.6 is 31.9 Å². The van der Waals surface area contributed by atoms with Crippen molar-refractivity contribution in [2.45, 2.75) is 30.6 Å². The van der Waals surface area contributed by atoms with Crippen molar-refractivity contribution in [3.63, 3.8) is 0 Å². The Kier molecular flexibility index (Phi) is 7.61. The average molecular weight is 645 g/mol. The van der Waals surface area contributed by atoms with Crippen LogP contribution in [0.5, 0.6) is 0 Å². The number of rotatable bonds is 5. The molecule has 174 valence electrons. The third-order valence-electron chi connectivity index (χ3n) is 5.71. The van der Waals surface area contributed by atoms with Crippen molar-refractivity contribution < 1.29 is 8.78 Å². The molecule has 0 spiro atoms. The zero-order valence-corrected chi connectivity index (χ0v) is 23.2. The van der Waals surface area contributed by atoms with Gasteiger partial charge in [0.15, 0.2) is 0 Å². The maximum atomic E-state index is 14.0. The molecule has 1 fully saturated rings. The molecule has 1 aromatic heterocycles. The Morgan fingerprint density at radius 1 is 0.909 bits per heavy atom. The second kappa shape index (κ2) is 10.3. The normalized spacial score (nSPS) is 16.3. The topological polar surface area (TPSA) is 47.2 Å². The van der Waals surface area contributed by atoms with Crippen LogP contribution < -0.4 is 16.1 Å². The Bertz CT molecular complexity index is 1310. The standard InChI is InChI=1S/C23H22AsBr2F2N3O2/c24-16-2-1-7-29(13-16)21-10-22(32)31(12-15-9-18(28)4-6-20(15)26)23(33)30(21)11-14-8-17(27)3-5-19(14)25/h3-6,8-10,16H,1-2,7,11-13,24H2. The van der Waals surface area contributed by atoms with E-state index in [4.69, 9.17) is 0 Å². The summed E-state index contributed by atoms with van der Waals surface area (Å²) < 4.78 is 32.1. The molecule has 0 aliphatic carbocycles. The minimum absolute atomic E-state index is 0.0832. The van der Waals surface area contributed by atoms with Gasteiger partial charge >= 0.3 is 216 Å². The van der Waals surface area contributed by atoms with Gasteiger partial charge in [0.2, 0.25) is 0 Å². The number of benzene rings is 2. The van der Waals surface area contributed by atoms with Crippen molar-refractivity contribution in [1.82, 2.24) is 9.13 Å². The Labute approximate surface area is 215 Å². The van der Waals surface area contributed by atoms with Crippen molar-refractivity contribution in [2.75, 3.05) is 18.0 Å². The Balaban J connectivity index is 1.85. The molecule has 2 atom stereocenters. The van der Waals surface area contributed by atoms with Gasteiger partial charge in [0.1, 0.15) is 0 Å². The first kappa shape index (κ1) is 24.4. The van der Waals surface area contributed by atoms with E-state index in [9.17, 15) is 18.4 Å². The number of piperidine rings is 1. The van der Waals surface area contributed by atoms with Gasteiger partial charge in [-0.15, -0.1) is 0 Å². The van der Waals surface area contributed by atoms with E-state index in [1.54, 1.807) is 29.0 Å². The molecule has 2 aromatic carbocycles. The van der Waals surface area contributed by atoms with Crippen LogP contribution in [0.1, 0.15) is 24.0 Å². The molecule has 5 nitrogen and oxygen atoms in total. The molecule has 2 heterocycles. The van der Waals surface area contributed by atoms with E-state index in [0.717, 1.165) is 30.5 Å². The van der Waals surface area contributed by atoms with Gasteiger partial charge in [-0.3, -0.25) is 0 Å². The molecule has 4 rings (SSSR count). The summed E-state index contributed by atoms with van der Waals surface area (Å²) in [6.07, 6.45) is 2.08. The van der Waals surface area contributed by atoms with E-state index in [1.807, 2.05) is 0 Å². The molecular weight excluding hydrogens is 623 g/mol. The third kappa shape index (κ3) is 5.52. The molecule has 0 radical (unpaired) electrons. The first-order valence-electron chi connectivity index (χ1n) is 10.5. The fourth-order valence-corrected chi connectivity index (χ4v) is 5.82. The summed E-state index contributed by atoms with van der Waals surface area (Å²) in [4.78, 5) is 28.7. The number of aromatic nitrogens is 2. The summed E-state index contributed by atoms with van der Waals surface area (Å²) in [5.41, 5.74) is 0.0949. The number of anilines is 1. The van der Waals surface area contributed by atoms with Gasteiger partial charge in [-0.25, -0.2) is 0 Å². The Morgan fingerprint density at radius 3 is 2.06 bits per heavy atom. The quantitative estimate of drug-likeness (QED) is 0.396. The predicted molar refractivity (Wildman–Crippen MR) is 135 cm³/mol. The van der Waals surface area contributed by atoms with Crippen LogP contribution in [0.4, 0.5) is 14.6 Å². The maximum absolute atomic E-state index is 14.0. The molecule has 0 bridgehead atoms. The van der Waals surface area contributed by atoms with Crippen LogP contribution in [0, 0.1) is 11.6 Å². The molecule has 3 aromatic rings. The van der Waals surface area contributed by atoms with Gasteiger partial charge in [-0.05, 0) is 0 Å². The Hall–Kier alpha value is -1.70. The minimum atomic E-state index is -0.520. The van der Waals surface area contributed by atoms with Crippen molar-refractivity contribution in [3.8, 4) is 0 Å². The van der Waals surface area contributed by atoms with Crippen molar-refractivity contribution in [3.05, 3.63) is 95.0 Å². The number of hydrogen-bond donors (Lipinski definition) is 0. The molecule has 10 heteroatoms. The van der Waals surface area contributed by atoms with E-state index >= 15 is 0 Å². The van der Waals surface area contributed by atoms with E-state index in [-0.39, 0.29) is 13.1 Å². The van der Waals surface area contributed by atoms with Gasteiger partial charge in [0.05, 0.1) is 0 Å². The molecule has 0 amide bonds. The fourth-order valence-electron chi connectivity index (χ4n) is 4.05. The first-order valence-corrected chi connectivity index (χ1v) is 13.4. The zero-order chi connectivity index (χ0) is 23.7. The molecule has 33 heavy (non-hydrogen) atoms. The molecule has 1 aliphatic rings. The van der Waals surface area contributed by atoms with Crippen LogP contribution in [-0.2, 0) is 13.1 Å². The van der Waals surface area contributed by atoms with Gasteiger partial charge < -0.3 is 0 Å². The van der Waals surface area contributed by atoms with E-state index in [0.29, 0.717) is 30.6 Å². The first-order chi connectivity index (χ1) is 15.7. The zero-order valence-electron chi connectivity index (χ0n) is 17.6. The summed E-state index contributed by atoms with van der Waals surface area (Å²) in [7, 11) is 0. The van der Waals surface area contributed by atoms with Gasteiger partial charge in [0, 0.05) is 0 Å². The van der Waals surface area contributed by atoms with Gasteiger partial charge in [0.25, 0.3) is 0 Å². The predicted octanol–water partition coefficient (Wildman–Crippen LogP) is 3.93. The van der Waals surface area contributed by atoms with Gasteiger partial charge in [-0.1, -0.05) is 0 Å². The molecule has 1 aliphatic heterocycles. The van der Waals surface area contributed by atoms with Crippen molar-refractivity contribution in [2.24, 2.45) is 0 Å². The molecule has 1 saturated heterocycles.